The first-order valence-electron chi connectivity index (χ1n) is 6.75. The highest BCUT2D eigenvalue weighted by Gasteiger charge is 2.43. The fourth-order valence-electron chi connectivity index (χ4n) is 2.39. The molecule has 1 heterocycles. The molecule has 2 rings (SSSR count). The van der Waals surface area contributed by atoms with Gasteiger partial charge in [-0.15, -0.1) is 0 Å². The fraction of sp³-hybridized carbons (Fsp3) is 0.500. The van der Waals surface area contributed by atoms with Gasteiger partial charge in [0.1, 0.15) is 0 Å². The van der Waals surface area contributed by atoms with Crippen LogP contribution in [0.5, 0.6) is 0 Å². The van der Waals surface area contributed by atoms with Crippen LogP contribution in [-0.2, 0) is 14.6 Å². The number of sulfone groups is 1. The van der Waals surface area contributed by atoms with Gasteiger partial charge < -0.3 is 9.84 Å². The van der Waals surface area contributed by atoms with Crippen LogP contribution in [0.4, 0.5) is 10.5 Å². The number of aliphatic hydroxyl groups is 1. The second-order valence-corrected chi connectivity index (χ2v) is 7.27. The molecule has 1 aromatic rings. The van der Waals surface area contributed by atoms with Gasteiger partial charge in [0.2, 0.25) is 0 Å². The van der Waals surface area contributed by atoms with Gasteiger partial charge in [0.25, 0.3) is 0 Å². The van der Waals surface area contributed by atoms with Crippen molar-refractivity contribution in [1.29, 1.82) is 0 Å². The number of amides is 1. The summed E-state index contributed by atoms with van der Waals surface area (Å²) >= 11 is 0. The Balaban J connectivity index is 2.37. The smallest absolute Gasteiger partial charge is 0.414 e. The van der Waals surface area contributed by atoms with Crippen molar-refractivity contribution in [2.75, 3.05) is 23.0 Å². The Kier molecular flexibility index (Phi) is 4.53. The maximum Gasteiger partial charge on any atom is 0.414 e. The lowest BCUT2D eigenvalue weighted by atomic mass is 10.1. The quantitative estimate of drug-likeness (QED) is 0.904. The van der Waals surface area contributed by atoms with Gasteiger partial charge in [-0.2, -0.15) is 0 Å². The number of nitrogens with zero attached hydrogens (tertiary/aromatic N) is 1. The maximum absolute atomic E-state index is 12.2. The van der Waals surface area contributed by atoms with Gasteiger partial charge in [-0.05, 0) is 26.0 Å². The van der Waals surface area contributed by atoms with Crippen LogP contribution in [-0.4, -0.2) is 49.9 Å². The average molecular weight is 313 g/mol. The normalized spacial score (nSPS) is 23.8. The second kappa shape index (κ2) is 6.03. The van der Waals surface area contributed by atoms with Gasteiger partial charge in [0.05, 0.1) is 30.3 Å². The van der Waals surface area contributed by atoms with Crippen LogP contribution in [0.2, 0.25) is 0 Å². The van der Waals surface area contributed by atoms with Crippen LogP contribution in [0.15, 0.2) is 24.3 Å². The molecule has 0 saturated carbocycles. The fourth-order valence-corrected chi connectivity index (χ4v) is 4.16. The zero-order chi connectivity index (χ0) is 15.6. The van der Waals surface area contributed by atoms with Crippen LogP contribution in [0, 0.1) is 6.92 Å². The van der Waals surface area contributed by atoms with Crippen molar-refractivity contribution in [1.82, 2.24) is 0 Å². The van der Waals surface area contributed by atoms with Crippen molar-refractivity contribution < 1.29 is 23.1 Å². The summed E-state index contributed by atoms with van der Waals surface area (Å²) in [5.74, 6) is -0.597. The second-order valence-electron chi connectivity index (χ2n) is 5.12. The molecule has 0 radical (unpaired) electrons. The molecule has 21 heavy (non-hydrogen) atoms. The van der Waals surface area contributed by atoms with Crippen LogP contribution in [0.1, 0.15) is 12.5 Å². The number of anilines is 1. The van der Waals surface area contributed by atoms with Crippen molar-refractivity contribution in [3.8, 4) is 0 Å². The molecule has 1 aliphatic heterocycles. The number of aryl methyl sites for hydroxylation is 1. The summed E-state index contributed by atoms with van der Waals surface area (Å²) in [6.45, 7) is 3.76. The molecule has 6 nitrogen and oxygen atoms in total. The summed E-state index contributed by atoms with van der Waals surface area (Å²) in [7, 11) is -3.35. The number of carbonyl (C=O) groups is 1. The minimum absolute atomic E-state index is 0.177. The van der Waals surface area contributed by atoms with Gasteiger partial charge in [-0.3, -0.25) is 4.90 Å². The highest BCUT2D eigenvalue weighted by Crippen LogP contribution is 2.26. The van der Waals surface area contributed by atoms with E-state index in [2.05, 4.69) is 0 Å². The third kappa shape index (κ3) is 3.54. The first kappa shape index (κ1) is 15.8. The minimum Gasteiger partial charge on any atom is -0.449 e. The molecule has 1 saturated heterocycles. The van der Waals surface area contributed by atoms with Gasteiger partial charge in [-0.1, -0.05) is 17.7 Å². The number of hydrogen-bond acceptors (Lipinski definition) is 5. The van der Waals surface area contributed by atoms with E-state index in [-0.39, 0.29) is 18.1 Å². The van der Waals surface area contributed by atoms with E-state index in [0.717, 1.165) is 5.56 Å². The average Bonchev–Trinajstić information content (AvgIpc) is 2.66. The zero-order valence-electron chi connectivity index (χ0n) is 12.0. The lowest BCUT2D eigenvalue weighted by molar-refractivity contribution is 0.141. The predicted octanol–water partition coefficient (Wildman–Crippen LogP) is 1.12. The SMILES string of the molecule is CCOC(=O)N(c1ccc(C)cc1)[C@@H]1CS(=O)(=O)C[C@H]1O. The molecule has 1 fully saturated rings. The van der Waals surface area contributed by atoms with E-state index < -0.39 is 28.1 Å². The molecule has 1 aromatic carbocycles. The van der Waals surface area contributed by atoms with E-state index in [9.17, 15) is 18.3 Å². The number of benzene rings is 1. The Morgan fingerprint density at radius 2 is 1.95 bits per heavy atom. The molecule has 0 spiro atoms. The summed E-state index contributed by atoms with van der Waals surface area (Å²) in [5, 5.41) is 10.00. The lowest BCUT2D eigenvalue weighted by Gasteiger charge is -2.29. The highest BCUT2D eigenvalue weighted by atomic mass is 32.2. The van der Waals surface area contributed by atoms with Crippen molar-refractivity contribution >= 4 is 21.6 Å². The van der Waals surface area contributed by atoms with Crippen molar-refractivity contribution in [2.45, 2.75) is 26.0 Å². The predicted molar refractivity (Wildman–Crippen MR) is 79.1 cm³/mol. The number of aliphatic hydroxyl groups excluding tert-OH is 1. The number of rotatable bonds is 3. The maximum atomic E-state index is 12.2. The van der Waals surface area contributed by atoms with Gasteiger partial charge in [0, 0.05) is 5.69 Å². The molecular weight excluding hydrogens is 294 g/mol. The van der Waals surface area contributed by atoms with Crippen LogP contribution in [0.25, 0.3) is 0 Å². The van der Waals surface area contributed by atoms with Gasteiger partial charge >= 0.3 is 6.09 Å². The Bertz CT molecular complexity index is 611. The Morgan fingerprint density at radius 3 is 2.43 bits per heavy atom. The number of hydrogen-bond donors (Lipinski definition) is 1. The number of carbonyl (C=O) groups excluding carboxylic acids is 1. The number of ether oxygens (including phenoxy) is 1. The topological polar surface area (TPSA) is 83.9 Å². The van der Waals surface area contributed by atoms with E-state index in [0.29, 0.717) is 5.69 Å². The molecule has 0 aromatic heterocycles. The third-order valence-corrected chi connectivity index (χ3v) is 5.10. The van der Waals surface area contributed by atoms with Gasteiger partial charge in [0.15, 0.2) is 9.84 Å². The minimum atomic E-state index is -3.35. The lowest BCUT2D eigenvalue weighted by Crippen LogP contribution is -2.47. The highest BCUT2D eigenvalue weighted by molar-refractivity contribution is 7.91. The first-order chi connectivity index (χ1) is 9.84. The summed E-state index contributed by atoms with van der Waals surface area (Å²) in [6.07, 6.45) is -1.76. The largest absolute Gasteiger partial charge is 0.449 e. The van der Waals surface area contributed by atoms with E-state index >= 15 is 0 Å². The molecule has 116 valence electrons. The Hall–Kier alpha value is -1.60. The van der Waals surface area contributed by atoms with E-state index in [1.54, 1.807) is 19.1 Å². The summed E-state index contributed by atoms with van der Waals surface area (Å²) in [5.41, 5.74) is 1.53. The molecule has 1 amide bonds. The van der Waals surface area contributed by atoms with Gasteiger partial charge in [-0.25, -0.2) is 13.2 Å². The molecule has 1 N–H and O–H groups in total. The van der Waals surface area contributed by atoms with Crippen molar-refractivity contribution in [2.24, 2.45) is 0 Å². The molecule has 1 aliphatic rings. The van der Waals surface area contributed by atoms with Crippen molar-refractivity contribution in [3.05, 3.63) is 29.8 Å². The van der Waals surface area contributed by atoms with E-state index in [1.165, 1.54) is 4.90 Å². The van der Waals surface area contributed by atoms with Crippen LogP contribution in [0.3, 0.4) is 0 Å². The molecule has 0 bridgehead atoms. The summed E-state index contributed by atoms with van der Waals surface area (Å²) in [4.78, 5) is 13.4. The summed E-state index contributed by atoms with van der Waals surface area (Å²) < 4.78 is 28.4. The molecule has 0 unspecified atom stereocenters. The third-order valence-electron chi connectivity index (χ3n) is 3.40. The monoisotopic (exact) mass is 313 g/mol. The van der Waals surface area contributed by atoms with Crippen molar-refractivity contribution in [3.63, 3.8) is 0 Å². The molecule has 0 aliphatic carbocycles. The summed E-state index contributed by atoms with van der Waals surface area (Å²) in [6, 6.07) is 6.24. The van der Waals surface area contributed by atoms with E-state index in [1.807, 2.05) is 19.1 Å². The van der Waals surface area contributed by atoms with Crippen LogP contribution < -0.4 is 4.90 Å². The Morgan fingerprint density at radius 1 is 1.33 bits per heavy atom. The molecular formula is C14H19NO5S. The molecule has 2 atom stereocenters. The first-order valence-corrected chi connectivity index (χ1v) is 8.57. The standard InChI is InChI=1S/C14H19NO5S/c1-3-20-14(17)15(11-6-4-10(2)5-7-11)12-8-21(18,19)9-13(12)16/h4-7,12-13,16H,3,8-9H2,1-2H3/t12-,13-/m1/s1. The zero-order valence-corrected chi connectivity index (χ0v) is 12.8. The van der Waals surface area contributed by atoms with Crippen LogP contribution >= 0.6 is 0 Å². The Labute approximate surface area is 124 Å². The molecule has 7 heteroatoms. The van der Waals surface area contributed by atoms with E-state index in [4.69, 9.17) is 4.74 Å².